The van der Waals surface area contributed by atoms with Gasteiger partial charge in [0.15, 0.2) is 5.78 Å². The smallest absolute Gasteiger partial charge is 0.259 e. The number of ketones is 1. The first-order chi connectivity index (χ1) is 12.8. The lowest BCUT2D eigenvalue weighted by molar-refractivity contribution is -0.118. The molecule has 146 valence electrons. The molecule has 6 nitrogen and oxygen atoms in total. The van der Waals surface area contributed by atoms with Crippen LogP contribution in [-0.4, -0.2) is 33.1 Å². The number of phenolic OH excluding ortho intramolecular Hbond substituents is 1. The molecule has 0 spiro atoms. The highest BCUT2D eigenvalue weighted by Crippen LogP contribution is 2.29. The summed E-state index contributed by atoms with van der Waals surface area (Å²) in [6.45, 7) is 5.76. The summed E-state index contributed by atoms with van der Waals surface area (Å²) in [6, 6.07) is 4.58. The number of aliphatic hydroxyl groups is 2. The van der Waals surface area contributed by atoms with Crippen molar-refractivity contribution in [1.82, 2.24) is 5.32 Å². The molecule has 0 aromatic heterocycles. The first kappa shape index (κ1) is 20.7. The van der Waals surface area contributed by atoms with Crippen LogP contribution in [0.2, 0.25) is 0 Å². The molecule has 1 aromatic rings. The Morgan fingerprint density at radius 2 is 1.85 bits per heavy atom. The van der Waals surface area contributed by atoms with Gasteiger partial charge in [0.1, 0.15) is 29.2 Å². The Balaban J connectivity index is 2.18. The van der Waals surface area contributed by atoms with Crippen molar-refractivity contribution in [2.24, 2.45) is 11.8 Å². The molecular formula is C21H27NO5. The SMILES string of the molecule is C/C=C\C[C@H](C)C[C@H](C)/C(O)=C1/C(=O)N[C@H]([C@H](O)c2ccc(O)cc2)C1=O. The normalized spacial score (nSPS) is 22.6. The summed E-state index contributed by atoms with van der Waals surface area (Å²) >= 11 is 0. The fourth-order valence-corrected chi connectivity index (χ4v) is 3.30. The van der Waals surface area contributed by atoms with E-state index < -0.39 is 23.8 Å². The van der Waals surface area contributed by atoms with Crippen LogP contribution in [-0.2, 0) is 9.59 Å². The third-order valence-corrected chi connectivity index (χ3v) is 4.85. The van der Waals surface area contributed by atoms with Gasteiger partial charge in [-0.1, -0.05) is 38.1 Å². The van der Waals surface area contributed by atoms with E-state index in [-0.39, 0.29) is 28.9 Å². The number of carbonyl (C=O) groups is 2. The van der Waals surface area contributed by atoms with E-state index in [4.69, 9.17) is 0 Å². The van der Waals surface area contributed by atoms with Crippen LogP contribution in [0.25, 0.3) is 0 Å². The highest BCUT2D eigenvalue weighted by Gasteiger charge is 2.43. The summed E-state index contributed by atoms with van der Waals surface area (Å²) < 4.78 is 0. The van der Waals surface area contributed by atoms with Gasteiger partial charge < -0.3 is 20.6 Å². The maximum atomic E-state index is 12.7. The maximum absolute atomic E-state index is 12.7. The van der Waals surface area contributed by atoms with Crippen LogP contribution < -0.4 is 5.32 Å². The van der Waals surface area contributed by atoms with Gasteiger partial charge in [0.25, 0.3) is 5.91 Å². The van der Waals surface area contributed by atoms with Gasteiger partial charge in [-0.15, -0.1) is 0 Å². The van der Waals surface area contributed by atoms with Crippen molar-refractivity contribution in [3.63, 3.8) is 0 Å². The zero-order valence-corrected chi connectivity index (χ0v) is 15.8. The molecule has 0 saturated carbocycles. The largest absolute Gasteiger partial charge is 0.511 e. The topological polar surface area (TPSA) is 107 Å². The molecule has 1 amide bonds. The number of allylic oxidation sites excluding steroid dienone is 3. The zero-order valence-electron chi connectivity index (χ0n) is 15.8. The molecule has 1 fully saturated rings. The summed E-state index contributed by atoms with van der Waals surface area (Å²) in [4.78, 5) is 25.0. The van der Waals surface area contributed by atoms with Crippen molar-refractivity contribution in [1.29, 1.82) is 0 Å². The van der Waals surface area contributed by atoms with Gasteiger partial charge in [-0.05, 0) is 43.4 Å². The minimum atomic E-state index is -1.27. The lowest BCUT2D eigenvalue weighted by Gasteiger charge is -2.17. The van der Waals surface area contributed by atoms with E-state index in [1.165, 1.54) is 24.3 Å². The molecule has 0 aliphatic carbocycles. The number of carbonyl (C=O) groups excluding carboxylic acids is 2. The molecule has 27 heavy (non-hydrogen) atoms. The highest BCUT2D eigenvalue weighted by molar-refractivity contribution is 6.27. The zero-order chi connectivity index (χ0) is 20.1. The van der Waals surface area contributed by atoms with Crippen LogP contribution in [0.1, 0.15) is 45.3 Å². The minimum Gasteiger partial charge on any atom is -0.511 e. The van der Waals surface area contributed by atoms with Gasteiger partial charge in [0.2, 0.25) is 0 Å². The second kappa shape index (κ2) is 8.86. The lowest BCUT2D eigenvalue weighted by Crippen LogP contribution is -2.35. The van der Waals surface area contributed by atoms with E-state index in [1.807, 2.05) is 26.0 Å². The van der Waals surface area contributed by atoms with Gasteiger partial charge in [-0.2, -0.15) is 0 Å². The average molecular weight is 373 g/mol. The molecule has 1 aliphatic heterocycles. The number of aromatic hydroxyl groups is 1. The first-order valence-electron chi connectivity index (χ1n) is 9.12. The molecule has 1 saturated heterocycles. The Hall–Kier alpha value is -2.60. The number of hydrogen-bond acceptors (Lipinski definition) is 5. The van der Waals surface area contributed by atoms with Crippen molar-refractivity contribution < 1.29 is 24.9 Å². The van der Waals surface area contributed by atoms with Crippen molar-refractivity contribution in [3.05, 3.63) is 53.3 Å². The van der Waals surface area contributed by atoms with Gasteiger partial charge in [-0.3, -0.25) is 9.59 Å². The number of hydrogen-bond donors (Lipinski definition) is 4. The third kappa shape index (κ3) is 4.77. The second-order valence-electron chi connectivity index (χ2n) is 7.16. The fraction of sp³-hybridized carbons (Fsp3) is 0.429. The fourth-order valence-electron chi connectivity index (χ4n) is 3.30. The van der Waals surface area contributed by atoms with Crippen molar-refractivity contribution >= 4 is 11.7 Å². The highest BCUT2D eigenvalue weighted by atomic mass is 16.3. The van der Waals surface area contributed by atoms with Crippen molar-refractivity contribution in [2.75, 3.05) is 0 Å². The molecule has 2 rings (SSSR count). The van der Waals surface area contributed by atoms with Crippen LogP contribution >= 0.6 is 0 Å². The van der Waals surface area contributed by atoms with Crippen LogP contribution in [0.5, 0.6) is 5.75 Å². The molecule has 6 heteroatoms. The number of amides is 1. The van der Waals surface area contributed by atoms with E-state index in [9.17, 15) is 24.9 Å². The lowest BCUT2D eigenvalue weighted by atomic mass is 9.90. The van der Waals surface area contributed by atoms with E-state index in [0.717, 1.165) is 6.42 Å². The number of rotatable bonds is 7. The van der Waals surface area contributed by atoms with Gasteiger partial charge >= 0.3 is 0 Å². The molecule has 1 aromatic carbocycles. The maximum Gasteiger partial charge on any atom is 0.259 e. The van der Waals surface area contributed by atoms with Crippen molar-refractivity contribution in [3.8, 4) is 5.75 Å². The van der Waals surface area contributed by atoms with Crippen LogP contribution in [0.4, 0.5) is 0 Å². The average Bonchev–Trinajstić information content (AvgIpc) is 2.93. The standard InChI is InChI=1S/C21H27NO5/c1-4-5-6-12(2)11-13(3)18(24)16-20(26)17(22-21(16)27)19(25)14-7-9-15(23)10-8-14/h4-5,7-10,12-13,17,19,23-25H,6,11H2,1-3H3,(H,22,27)/b5-4-,18-16-/t12-,13-,17+,19+/m0/s1. The number of nitrogens with one attached hydrogen (secondary N) is 1. The summed E-state index contributed by atoms with van der Waals surface area (Å²) in [5, 5.41) is 32.8. The molecule has 1 heterocycles. The summed E-state index contributed by atoms with van der Waals surface area (Å²) in [7, 11) is 0. The predicted molar refractivity (Wildman–Crippen MR) is 102 cm³/mol. The molecule has 0 bridgehead atoms. The Kier molecular flexibility index (Phi) is 6.80. The quantitative estimate of drug-likeness (QED) is 0.254. The monoisotopic (exact) mass is 373 g/mol. The summed E-state index contributed by atoms with van der Waals surface area (Å²) in [5.41, 5.74) is 0.115. The number of Topliss-reactive ketones (excluding diaryl/α,β-unsaturated/α-hetero) is 1. The number of aliphatic hydroxyl groups excluding tert-OH is 2. The Labute approximate surface area is 159 Å². The van der Waals surface area contributed by atoms with Gasteiger partial charge in [-0.25, -0.2) is 0 Å². The van der Waals surface area contributed by atoms with Crippen LogP contribution in [0, 0.1) is 11.8 Å². The minimum absolute atomic E-state index is 0.0341. The Bertz CT molecular complexity index is 750. The molecule has 0 radical (unpaired) electrons. The van der Waals surface area contributed by atoms with Gasteiger partial charge in [0, 0.05) is 5.92 Å². The van der Waals surface area contributed by atoms with E-state index >= 15 is 0 Å². The molecule has 1 aliphatic rings. The summed E-state index contributed by atoms with van der Waals surface area (Å²) in [6.07, 6.45) is 4.22. The Morgan fingerprint density at radius 1 is 1.22 bits per heavy atom. The van der Waals surface area contributed by atoms with Gasteiger partial charge in [0.05, 0.1) is 0 Å². The molecular weight excluding hydrogens is 346 g/mol. The predicted octanol–water partition coefficient (Wildman–Crippen LogP) is 2.93. The van der Waals surface area contributed by atoms with Crippen molar-refractivity contribution in [2.45, 2.75) is 45.8 Å². The molecule has 4 N–H and O–H groups in total. The van der Waals surface area contributed by atoms with E-state index in [0.29, 0.717) is 12.0 Å². The second-order valence-corrected chi connectivity index (χ2v) is 7.16. The first-order valence-corrected chi connectivity index (χ1v) is 9.12. The Morgan fingerprint density at radius 3 is 2.44 bits per heavy atom. The molecule has 0 unspecified atom stereocenters. The third-order valence-electron chi connectivity index (χ3n) is 4.85. The molecule has 4 atom stereocenters. The van der Waals surface area contributed by atoms with E-state index in [2.05, 4.69) is 5.32 Å². The van der Waals surface area contributed by atoms with E-state index in [1.54, 1.807) is 6.92 Å². The number of benzene rings is 1. The van der Waals surface area contributed by atoms with Crippen LogP contribution in [0.3, 0.4) is 0 Å². The van der Waals surface area contributed by atoms with Crippen LogP contribution in [0.15, 0.2) is 47.7 Å². The number of phenols is 1. The summed E-state index contributed by atoms with van der Waals surface area (Å²) in [5.74, 6) is -1.55.